The summed E-state index contributed by atoms with van der Waals surface area (Å²) in [5.41, 5.74) is 2.75. The molecule has 49 heavy (non-hydrogen) atoms. The predicted octanol–water partition coefficient (Wildman–Crippen LogP) is 9.34. The second-order valence-corrected chi connectivity index (χ2v) is 18.3. The van der Waals surface area contributed by atoms with E-state index in [0.29, 0.717) is 42.0 Å². The Morgan fingerprint density at radius 1 is 0.837 bits per heavy atom. The van der Waals surface area contributed by atoms with Crippen molar-refractivity contribution in [3.8, 4) is 11.5 Å². The molecule has 0 unspecified atom stereocenters. The number of rotatable bonds is 9. The highest BCUT2D eigenvalue weighted by molar-refractivity contribution is 5.84. The molecule has 0 saturated heterocycles. The molecule has 0 aliphatic heterocycles. The van der Waals surface area contributed by atoms with Gasteiger partial charge in [0.1, 0.15) is 6.10 Å². The minimum atomic E-state index is -0.300. The summed E-state index contributed by atoms with van der Waals surface area (Å²) in [7, 11) is 3.33. The minimum absolute atomic E-state index is 0.00187. The molecule has 1 aromatic rings. The number of esters is 1. The fourth-order valence-electron chi connectivity index (χ4n) is 13.6. The van der Waals surface area contributed by atoms with Crippen LogP contribution in [0.3, 0.4) is 0 Å². The number of amides is 1. The maximum absolute atomic E-state index is 14.5. The van der Waals surface area contributed by atoms with Gasteiger partial charge < -0.3 is 19.5 Å². The fourth-order valence-corrected chi connectivity index (χ4v) is 13.6. The molecule has 1 N–H and O–H groups in total. The summed E-state index contributed by atoms with van der Waals surface area (Å²) >= 11 is 0. The number of fused-ring (bicyclic) bond motifs is 7. The van der Waals surface area contributed by atoms with E-state index in [0.717, 1.165) is 62.9 Å². The summed E-state index contributed by atoms with van der Waals surface area (Å²) in [6, 6.07) is 6.09. The Labute approximate surface area is 296 Å². The van der Waals surface area contributed by atoms with Crippen LogP contribution in [0.25, 0.3) is 0 Å². The van der Waals surface area contributed by atoms with Gasteiger partial charge in [-0.25, -0.2) is 0 Å². The van der Waals surface area contributed by atoms with Crippen molar-refractivity contribution in [2.45, 2.75) is 132 Å². The SMILES string of the molecule is C=C(C)[C@@H]1CC[C@]2(C(=O)NCCCc3ccc(OC)c(OC)c3)CC[C@]3(C)[C@H](CC[C@@H]4[C@@]5(C)CC[C@H](OC(C)=O)C(C)(C)[C@@H]5CC[C@]43C)[C@@H]12. The van der Waals surface area contributed by atoms with Crippen molar-refractivity contribution in [1.82, 2.24) is 5.32 Å². The zero-order valence-electron chi connectivity index (χ0n) is 32.1. The molecule has 272 valence electrons. The topological polar surface area (TPSA) is 73.9 Å². The standard InChI is InChI=1S/C43H65NO5/c1-27(2)30-17-22-43(38(46)44-25-11-12-29-13-15-32(47-9)33(26-29)48-10)24-23-41(7)31(37(30)43)14-16-35-40(6)20-19-36(49-28(3)45)39(4,5)34(40)18-21-42(35,41)8/h13,15,26,30-31,34-37H,1,11-12,14,16-25H2,2-10H3,(H,44,46)/t30-,31+,34-,35+,36-,37+,40-,41+,42+,43-/m0/s1. The monoisotopic (exact) mass is 675 g/mol. The summed E-state index contributed by atoms with van der Waals surface area (Å²) < 4.78 is 16.9. The Kier molecular flexibility index (Phi) is 9.57. The van der Waals surface area contributed by atoms with Crippen LogP contribution in [-0.4, -0.2) is 38.7 Å². The van der Waals surface area contributed by atoms with E-state index >= 15 is 0 Å². The van der Waals surface area contributed by atoms with Gasteiger partial charge in [0.05, 0.1) is 19.6 Å². The molecule has 5 fully saturated rings. The van der Waals surface area contributed by atoms with Crippen LogP contribution in [0, 0.1) is 56.7 Å². The summed E-state index contributed by atoms with van der Waals surface area (Å²) in [6.45, 7) is 21.6. The van der Waals surface area contributed by atoms with Crippen LogP contribution in [0.1, 0.15) is 125 Å². The molecule has 0 spiro atoms. The van der Waals surface area contributed by atoms with Gasteiger partial charge in [-0.15, -0.1) is 0 Å². The quantitative estimate of drug-likeness (QED) is 0.160. The van der Waals surface area contributed by atoms with Crippen molar-refractivity contribution in [1.29, 1.82) is 0 Å². The van der Waals surface area contributed by atoms with Gasteiger partial charge in [0.25, 0.3) is 0 Å². The molecular formula is C43H65NO5. The summed E-state index contributed by atoms with van der Waals surface area (Å²) in [5, 5.41) is 3.48. The zero-order valence-corrected chi connectivity index (χ0v) is 32.1. The highest BCUT2D eigenvalue weighted by Crippen LogP contribution is 2.77. The molecule has 0 radical (unpaired) electrons. The van der Waals surface area contributed by atoms with Crippen LogP contribution in [-0.2, 0) is 20.7 Å². The van der Waals surface area contributed by atoms with Crippen molar-refractivity contribution in [3.63, 3.8) is 0 Å². The number of nitrogens with one attached hydrogen (secondary N) is 1. The first kappa shape index (κ1) is 36.3. The highest BCUT2D eigenvalue weighted by atomic mass is 16.5. The molecule has 6 rings (SSSR count). The second kappa shape index (κ2) is 12.9. The van der Waals surface area contributed by atoms with Gasteiger partial charge in [-0.2, -0.15) is 0 Å². The Morgan fingerprint density at radius 2 is 1.57 bits per heavy atom. The predicted molar refractivity (Wildman–Crippen MR) is 195 cm³/mol. The number of methoxy groups -OCH3 is 2. The molecule has 5 saturated carbocycles. The van der Waals surface area contributed by atoms with Gasteiger partial charge in [0, 0.05) is 18.9 Å². The number of allylic oxidation sites excluding steroid dienone is 1. The molecule has 6 nitrogen and oxygen atoms in total. The first-order chi connectivity index (χ1) is 23.1. The van der Waals surface area contributed by atoms with Gasteiger partial charge in [-0.3, -0.25) is 9.59 Å². The molecule has 0 heterocycles. The number of carbonyl (C=O) groups is 2. The Hall–Kier alpha value is -2.50. The van der Waals surface area contributed by atoms with Crippen molar-refractivity contribution in [3.05, 3.63) is 35.9 Å². The molecule has 5 aliphatic carbocycles. The van der Waals surface area contributed by atoms with Gasteiger partial charge in [-0.05, 0) is 148 Å². The summed E-state index contributed by atoms with van der Waals surface area (Å²) in [5.74, 6) is 4.10. The van der Waals surface area contributed by atoms with Gasteiger partial charge in [-0.1, -0.05) is 52.8 Å². The molecule has 1 aromatic carbocycles. The molecule has 10 atom stereocenters. The van der Waals surface area contributed by atoms with E-state index in [9.17, 15) is 9.59 Å². The Bertz CT molecular complexity index is 1450. The average Bonchev–Trinajstić information content (AvgIpc) is 3.46. The minimum Gasteiger partial charge on any atom is -0.493 e. The number of hydrogen-bond donors (Lipinski definition) is 1. The number of hydrogen-bond acceptors (Lipinski definition) is 5. The van der Waals surface area contributed by atoms with E-state index < -0.39 is 0 Å². The number of aryl methyl sites for hydroxylation is 1. The lowest BCUT2D eigenvalue weighted by Gasteiger charge is -2.72. The molecule has 6 heteroatoms. The largest absolute Gasteiger partial charge is 0.493 e. The maximum atomic E-state index is 14.5. The van der Waals surface area contributed by atoms with Crippen molar-refractivity contribution >= 4 is 11.9 Å². The van der Waals surface area contributed by atoms with Crippen LogP contribution in [0.4, 0.5) is 0 Å². The second-order valence-electron chi connectivity index (χ2n) is 18.3. The van der Waals surface area contributed by atoms with Crippen LogP contribution in [0.2, 0.25) is 0 Å². The molecule has 0 bridgehead atoms. The first-order valence-corrected chi connectivity index (χ1v) is 19.4. The van der Waals surface area contributed by atoms with Crippen LogP contribution in [0.15, 0.2) is 30.4 Å². The van der Waals surface area contributed by atoms with Crippen molar-refractivity contribution in [2.24, 2.45) is 56.7 Å². The van der Waals surface area contributed by atoms with E-state index in [1.54, 1.807) is 21.1 Å². The van der Waals surface area contributed by atoms with Crippen LogP contribution < -0.4 is 14.8 Å². The molecule has 5 aliphatic rings. The van der Waals surface area contributed by atoms with Gasteiger partial charge in [0.15, 0.2) is 11.5 Å². The number of ether oxygens (including phenoxy) is 3. The third-order valence-corrected chi connectivity index (χ3v) is 16.1. The smallest absolute Gasteiger partial charge is 0.302 e. The van der Waals surface area contributed by atoms with Crippen molar-refractivity contribution < 1.29 is 23.8 Å². The zero-order chi connectivity index (χ0) is 35.6. The molecular weight excluding hydrogens is 610 g/mol. The lowest BCUT2D eigenvalue weighted by molar-refractivity contribution is -0.248. The van der Waals surface area contributed by atoms with Crippen LogP contribution >= 0.6 is 0 Å². The van der Waals surface area contributed by atoms with Crippen LogP contribution in [0.5, 0.6) is 11.5 Å². The van der Waals surface area contributed by atoms with E-state index in [1.165, 1.54) is 36.8 Å². The van der Waals surface area contributed by atoms with E-state index in [-0.39, 0.29) is 39.1 Å². The maximum Gasteiger partial charge on any atom is 0.302 e. The van der Waals surface area contributed by atoms with Gasteiger partial charge in [0.2, 0.25) is 5.91 Å². The average molecular weight is 676 g/mol. The summed E-state index contributed by atoms with van der Waals surface area (Å²) in [6.07, 6.45) is 12.9. The van der Waals surface area contributed by atoms with E-state index in [4.69, 9.17) is 14.2 Å². The third-order valence-electron chi connectivity index (χ3n) is 16.1. The first-order valence-electron chi connectivity index (χ1n) is 19.4. The van der Waals surface area contributed by atoms with Crippen molar-refractivity contribution in [2.75, 3.05) is 20.8 Å². The summed E-state index contributed by atoms with van der Waals surface area (Å²) in [4.78, 5) is 26.6. The highest BCUT2D eigenvalue weighted by Gasteiger charge is 2.72. The number of benzene rings is 1. The molecule has 0 aromatic heterocycles. The Balaban J connectivity index is 1.21. The Morgan fingerprint density at radius 3 is 2.24 bits per heavy atom. The van der Waals surface area contributed by atoms with E-state index in [1.807, 2.05) is 12.1 Å². The normalized spacial score (nSPS) is 40.5. The van der Waals surface area contributed by atoms with E-state index in [2.05, 4.69) is 59.5 Å². The molecule has 1 amide bonds. The van der Waals surface area contributed by atoms with Gasteiger partial charge >= 0.3 is 5.97 Å². The lowest BCUT2D eigenvalue weighted by Crippen LogP contribution is -2.67. The lowest BCUT2D eigenvalue weighted by atomic mass is 9.32. The number of carbonyl (C=O) groups excluding carboxylic acids is 2. The third kappa shape index (κ3) is 5.55. The fraction of sp³-hybridized carbons (Fsp3) is 0.767.